The molecule has 80 valence electrons. The standard InChI is InChI=1S/C11H13NO2S/c1-4-12(15(3,13)14)10(2)11-8-6-5-7-9-11/h1,5-10H,2-3H3. The molecular formula is C11H13NO2S. The topological polar surface area (TPSA) is 37.4 Å². The molecule has 0 heterocycles. The molecule has 1 aromatic rings. The van der Waals surface area contributed by atoms with Crippen LogP contribution in [0.2, 0.25) is 0 Å². The Labute approximate surface area is 90.8 Å². The lowest BCUT2D eigenvalue weighted by Crippen LogP contribution is -2.27. The predicted octanol–water partition coefficient (Wildman–Crippen LogP) is 1.60. The summed E-state index contributed by atoms with van der Waals surface area (Å²) in [5, 5.41) is 0. The van der Waals surface area contributed by atoms with E-state index >= 15 is 0 Å². The molecule has 0 saturated heterocycles. The van der Waals surface area contributed by atoms with Crippen LogP contribution in [-0.4, -0.2) is 19.0 Å². The van der Waals surface area contributed by atoms with Crippen molar-refractivity contribution in [1.29, 1.82) is 0 Å². The van der Waals surface area contributed by atoms with Crippen LogP contribution in [-0.2, 0) is 10.0 Å². The molecule has 0 saturated carbocycles. The quantitative estimate of drug-likeness (QED) is 0.576. The van der Waals surface area contributed by atoms with Crippen LogP contribution in [0.3, 0.4) is 0 Å². The minimum atomic E-state index is -3.37. The van der Waals surface area contributed by atoms with E-state index in [9.17, 15) is 8.42 Å². The summed E-state index contributed by atoms with van der Waals surface area (Å²) < 4.78 is 23.7. The minimum Gasteiger partial charge on any atom is -0.222 e. The summed E-state index contributed by atoms with van der Waals surface area (Å²) in [6.45, 7) is 1.76. The van der Waals surface area contributed by atoms with E-state index in [4.69, 9.17) is 6.42 Å². The van der Waals surface area contributed by atoms with Crippen molar-refractivity contribution in [2.24, 2.45) is 0 Å². The van der Waals surface area contributed by atoms with Gasteiger partial charge in [0.1, 0.15) is 0 Å². The molecule has 3 nitrogen and oxygen atoms in total. The van der Waals surface area contributed by atoms with Gasteiger partial charge in [-0.2, -0.15) is 0 Å². The van der Waals surface area contributed by atoms with Crippen LogP contribution in [0.4, 0.5) is 0 Å². The van der Waals surface area contributed by atoms with Crippen LogP contribution >= 0.6 is 0 Å². The molecule has 0 amide bonds. The first-order chi connectivity index (χ1) is 6.96. The average Bonchev–Trinajstić information content (AvgIpc) is 2.18. The van der Waals surface area contributed by atoms with Gasteiger partial charge in [0.25, 0.3) is 0 Å². The molecule has 1 rings (SSSR count). The van der Waals surface area contributed by atoms with Crippen LogP contribution in [0.15, 0.2) is 30.3 Å². The zero-order chi connectivity index (χ0) is 11.5. The number of nitrogens with zero attached hydrogens (tertiary/aromatic N) is 1. The zero-order valence-electron chi connectivity index (χ0n) is 8.71. The van der Waals surface area contributed by atoms with E-state index in [1.54, 1.807) is 6.92 Å². The van der Waals surface area contributed by atoms with Crippen LogP contribution in [0, 0.1) is 12.5 Å². The summed E-state index contributed by atoms with van der Waals surface area (Å²) in [4.78, 5) is 0. The van der Waals surface area contributed by atoms with Gasteiger partial charge in [-0.25, -0.2) is 12.7 Å². The van der Waals surface area contributed by atoms with Crippen molar-refractivity contribution < 1.29 is 8.42 Å². The Bertz CT molecular complexity index is 459. The van der Waals surface area contributed by atoms with Crippen molar-refractivity contribution in [3.63, 3.8) is 0 Å². The fraction of sp³-hybridized carbons (Fsp3) is 0.273. The molecule has 0 N–H and O–H groups in total. The maximum Gasteiger partial charge on any atom is 0.239 e. The number of benzene rings is 1. The van der Waals surface area contributed by atoms with Gasteiger partial charge in [-0.05, 0) is 12.5 Å². The highest BCUT2D eigenvalue weighted by atomic mass is 32.2. The lowest BCUT2D eigenvalue weighted by Gasteiger charge is -2.22. The highest BCUT2D eigenvalue weighted by Gasteiger charge is 2.20. The van der Waals surface area contributed by atoms with Gasteiger partial charge >= 0.3 is 0 Å². The van der Waals surface area contributed by atoms with E-state index in [2.05, 4.69) is 6.04 Å². The Morgan fingerprint density at radius 3 is 2.27 bits per heavy atom. The monoisotopic (exact) mass is 223 g/mol. The summed E-state index contributed by atoms with van der Waals surface area (Å²) in [7, 11) is -3.37. The molecule has 1 atom stereocenters. The van der Waals surface area contributed by atoms with Crippen LogP contribution < -0.4 is 0 Å². The van der Waals surface area contributed by atoms with Crippen LogP contribution in [0.5, 0.6) is 0 Å². The lowest BCUT2D eigenvalue weighted by molar-refractivity contribution is 0.451. The Morgan fingerprint density at radius 1 is 1.33 bits per heavy atom. The Morgan fingerprint density at radius 2 is 1.87 bits per heavy atom. The first-order valence-electron chi connectivity index (χ1n) is 4.47. The third-order valence-electron chi connectivity index (χ3n) is 2.12. The van der Waals surface area contributed by atoms with Crippen LogP contribution in [0.25, 0.3) is 0 Å². The van der Waals surface area contributed by atoms with E-state index in [1.165, 1.54) is 0 Å². The van der Waals surface area contributed by atoms with Gasteiger partial charge in [-0.3, -0.25) is 0 Å². The molecule has 4 heteroatoms. The number of hydrogen-bond acceptors (Lipinski definition) is 2. The van der Waals surface area contributed by atoms with Gasteiger partial charge in [0, 0.05) is 6.04 Å². The van der Waals surface area contributed by atoms with Gasteiger partial charge in [-0.1, -0.05) is 36.8 Å². The van der Waals surface area contributed by atoms with Crippen molar-refractivity contribution in [3.05, 3.63) is 35.9 Å². The fourth-order valence-corrected chi connectivity index (χ4v) is 2.25. The van der Waals surface area contributed by atoms with E-state index in [1.807, 2.05) is 30.3 Å². The van der Waals surface area contributed by atoms with E-state index in [-0.39, 0.29) is 6.04 Å². The largest absolute Gasteiger partial charge is 0.239 e. The van der Waals surface area contributed by atoms with E-state index in [0.717, 1.165) is 16.1 Å². The van der Waals surface area contributed by atoms with Crippen molar-refractivity contribution in [2.45, 2.75) is 13.0 Å². The first-order valence-corrected chi connectivity index (χ1v) is 6.32. The normalized spacial score (nSPS) is 12.9. The molecule has 0 aliphatic heterocycles. The summed E-state index contributed by atoms with van der Waals surface area (Å²) in [5.41, 5.74) is 0.876. The summed E-state index contributed by atoms with van der Waals surface area (Å²) in [6.07, 6.45) is 6.30. The third-order valence-corrected chi connectivity index (χ3v) is 3.25. The molecule has 0 radical (unpaired) electrons. The molecule has 0 spiro atoms. The third kappa shape index (κ3) is 2.74. The second kappa shape index (κ2) is 4.37. The Kier molecular flexibility index (Phi) is 3.38. The fourth-order valence-electron chi connectivity index (χ4n) is 1.36. The number of terminal acetylenes is 1. The predicted molar refractivity (Wildman–Crippen MR) is 60.4 cm³/mol. The molecule has 1 unspecified atom stereocenters. The Hall–Kier alpha value is -1.47. The number of sulfonamides is 1. The van der Waals surface area contributed by atoms with Crippen molar-refractivity contribution in [1.82, 2.24) is 4.31 Å². The van der Waals surface area contributed by atoms with Crippen LogP contribution in [0.1, 0.15) is 18.5 Å². The van der Waals surface area contributed by atoms with Gasteiger partial charge in [0.05, 0.1) is 12.3 Å². The lowest BCUT2D eigenvalue weighted by atomic mass is 10.1. The SMILES string of the molecule is C#CN(C(C)c1ccccc1)S(C)(=O)=O. The number of hydrogen-bond donors (Lipinski definition) is 0. The highest BCUT2D eigenvalue weighted by molar-refractivity contribution is 7.88. The molecule has 0 aromatic heterocycles. The molecular weight excluding hydrogens is 210 g/mol. The van der Waals surface area contributed by atoms with E-state index < -0.39 is 10.0 Å². The van der Waals surface area contributed by atoms with Crippen molar-refractivity contribution >= 4 is 10.0 Å². The minimum absolute atomic E-state index is 0.341. The maximum absolute atomic E-state index is 11.4. The second-order valence-corrected chi connectivity index (χ2v) is 5.13. The van der Waals surface area contributed by atoms with Gasteiger partial charge in [0.15, 0.2) is 0 Å². The summed E-state index contributed by atoms with van der Waals surface area (Å²) in [5.74, 6) is 0. The summed E-state index contributed by atoms with van der Waals surface area (Å²) in [6, 6.07) is 11.1. The highest BCUT2D eigenvalue weighted by Crippen LogP contribution is 2.21. The van der Waals surface area contributed by atoms with Crippen molar-refractivity contribution in [2.75, 3.05) is 6.26 Å². The van der Waals surface area contributed by atoms with Crippen molar-refractivity contribution in [3.8, 4) is 12.5 Å². The first kappa shape index (κ1) is 11.6. The smallest absolute Gasteiger partial charge is 0.222 e. The Balaban J connectivity index is 3.05. The molecule has 1 aromatic carbocycles. The average molecular weight is 223 g/mol. The second-order valence-electron chi connectivity index (χ2n) is 3.27. The van der Waals surface area contributed by atoms with Gasteiger partial charge in [0.2, 0.25) is 10.0 Å². The molecule has 15 heavy (non-hydrogen) atoms. The zero-order valence-corrected chi connectivity index (χ0v) is 9.53. The molecule has 0 fully saturated rings. The van der Waals surface area contributed by atoms with E-state index in [0.29, 0.717) is 0 Å². The summed E-state index contributed by atoms with van der Waals surface area (Å²) >= 11 is 0. The number of rotatable bonds is 3. The van der Waals surface area contributed by atoms with Gasteiger partial charge < -0.3 is 0 Å². The van der Waals surface area contributed by atoms with Gasteiger partial charge in [-0.15, -0.1) is 0 Å². The molecule has 0 bridgehead atoms. The molecule has 0 aliphatic carbocycles. The maximum atomic E-state index is 11.4. The molecule has 0 aliphatic rings.